The van der Waals surface area contributed by atoms with E-state index in [0.29, 0.717) is 6.04 Å². The van der Waals surface area contributed by atoms with Crippen molar-refractivity contribution >= 4 is 34.0 Å². The zero-order valence-electron chi connectivity index (χ0n) is 8.52. The number of hydrogen-bond acceptors (Lipinski definition) is 4. The highest BCUT2D eigenvalue weighted by Crippen LogP contribution is 2.42. The van der Waals surface area contributed by atoms with E-state index in [0.717, 1.165) is 17.6 Å². The number of halogens is 1. The normalized spacial score (nSPS) is 27.7. The van der Waals surface area contributed by atoms with Gasteiger partial charge in [-0.3, -0.25) is 0 Å². The SMILES string of the molecule is O=C(O)c1sc(N2CC3CCC2C3)nc1Cl. The standard InChI is InChI=1S/C10H11ClN2O2S/c11-8-7(9(14)15)16-10(12-8)13-4-5-1-2-6(13)3-5/h5-6H,1-4H2,(H,14,15). The first-order valence-corrected chi connectivity index (χ1v) is 6.51. The van der Waals surface area contributed by atoms with E-state index in [4.69, 9.17) is 16.7 Å². The number of piperidine rings is 1. The van der Waals surface area contributed by atoms with Gasteiger partial charge in [0, 0.05) is 12.6 Å². The lowest BCUT2D eigenvalue weighted by molar-refractivity contribution is 0.0702. The fraction of sp³-hybridized carbons (Fsp3) is 0.600. The summed E-state index contributed by atoms with van der Waals surface area (Å²) in [5.41, 5.74) is 0. The van der Waals surface area contributed by atoms with Crippen molar-refractivity contribution in [2.75, 3.05) is 11.4 Å². The van der Waals surface area contributed by atoms with Crippen LogP contribution in [-0.2, 0) is 0 Å². The van der Waals surface area contributed by atoms with Gasteiger partial charge >= 0.3 is 5.97 Å². The lowest BCUT2D eigenvalue weighted by Gasteiger charge is -2.26. The van der Waals surface area contributed by atoms with Crippen LogP contribution in [0.4, 0.5) is 5.13 Å². The second-order valence-corrected chi connectivity index (χ2v) is 5.74. The molecule has 2 aliphatic rings. The molecule has 0 spiro atoms. The van der Waals surface area contributed by atoms with Crippen LogP contribution in [0.2, 0.25) is 5.15 Å². The molecule has 1 aliphatic heterocycles. The van der Waals surface area contributed by atoms with Crippen molar-refractivity contribution in [1.29, 1.82) is 0 Å². The van der Waals surface area contributed by atoms with Crippen molar-refractivity contribution in [2.24, 2.45) is 5.92 Å². The van der Waals surface area contributed by atoms with E-state index in [9.17, 15) is 4.79 Å². The number of carboxylic acids is 1. The second kappa shape index (κ2) is 3.60. The summed E-state index contributed by atoms with van der Waals surface area (Å²) in [6.07, 6.45) is 3.72. The van der Waals surface area contributed by atoms with Crippen LogP contribution >= 0.6 is 22.9 Å². The van der Waals surface area contributed by atoms with E-state index >= 15 is 0 Å². The number of rotatable bonds is 2. The summed E-state index contributed by atoms with van der Waals surface area (Å²) < 4.78 is 0. The van der Waals surface area contributed by atoms with E-state index in [2.05, 4.69) is 9.88 Å². The molecule has 2 bridgehead atoms. The predicted molar refractivity (Wildman–Crippen MR) is 62.6 cm³/mol. The van der Waals surface area contributed by atoms with Crippen LogP contribution in [0, 0.1) is 5.92 Å². The summed E-state index contributed by atoms with van der Waals surface area (Å²) in [5, 5.41) is 9.81. The molecule has 1 aromatic rings. The number of carboxylic acid groups (broad SMARTS) is 1. The topological polar surface area (TPSA) is 53.4 Å². The lowest BCUT2D eigenvalue weighted by Crippen LogP contribution is -2.31. The molecule has 2 unspecified atom stereocenters. The Balaban J connectivity index is 1.90. The van der Waals surface area contributed by atoms with Crippen molar-refractivity contribution in [1.82, 2.24) is 4.98 Å². The van der Waals surface area contributed by atoms with Crippen molar-refractivity contribution in [3.8, 4) is 0 Å². The molecular formula is C10H11ClN2O2S. The molecule has 3 rings (SSSR count). The van der Waals surface area contributed by atoms with Gasteiger partial charge in [-0.2, -0.15) is 0 Å². The van der Waals surface area contributed by atoms with E-state index in [1.807, 2.05) is 0 Å². The summed E-state index contributed by atoms with van der Waals surface area (Å²) in [6.45, 7) is 1.01. The molecule has 16 heavy (non-hydrogen) atoms. The number of fused-ring (bicyclic) bond motifs is 2. The quantitative estimate of drug-likeness (QED) is 0.886. The lowest BCUT2D eigenvalue weighted by atomic mass is 10.1. The van der Waals surface area contributed by atoms with Gasteiger partial charge in [-0.25, -0.2) is 9.78 Å². The molecule has 1 saturated heterocycles. The molecule has 0 aromatic carbocycles. The number of carbonyl (C=O) groups is 1. The maximum atomic E-state index is 10.9. The first-order valence-electron chi connectivity index (χ1n) is 5.31. The number of thiazole rings is 1. The van der Waals surface area contributed by atoms with Crippen LogP contribution in [-0.4, -0.2) is 28.6 Å². The van der Waals surface area contributed by atoms with E-state index < -0.39 is 5.97 Å². The Morgan fingerprint density at radius 2 is 2.38 bits per heavy atom. The zero-order chi connectivity index (χ0) is 11.3. The summed E-state index contributed by atoms with van der Waals surface area (Å²) in [4.78, 5) is 17.4. The van der Waals surface area contributed by atoms with Gasteiger partial charge in [-0.15, -0.1) is 0 Å². The summed E-state index contributed by atoms with van der Waals surface area (Å²) in [7, 11) is 0. The number of aromatic carboxylic acids is 1. The smallest absolute Gasteiger partial charge is 0.349 e. The molecule has 2 fully saturated rings. The minimum absolute atomic E-state index is 0.121. The van der Waals surface area contributed by atoms with E-state index in [-0.39, 0.29) is 10.0 Å². The van der Waals surface area contributed by atoms with Gasteiger partial charge in [-0.1, -0.05) is 22.9 Å². The first kappa shape index (κ1) is 10.4. The fourth-order valence-corrected chi connectivity index (χ4v) is 3.91. The largest absolute Gasteiger partial charge is 0.477 e. The van der Waals surface area contributed by atoms with Crippen molar-refractivity contribution < 1.29 is 9.90 Å². The molecule has 4 nitrogen and oxygen atoms in total. The van der Waals surface area contributed by atoms with Crippen molar-refractivity contribution in [2.45, 2.75) is 25.3 Å². The zero-order valence-corrected chi connectivity index (χ0v) is 10.1. The molecule has 1 saturated carbocycles. The molecule has 1 aromatic heterocycles. The Bertz CT molecular complexity index is 448. The molecule has 1 aliphatic carbocycles. The Kier molecular flexibility index (Phi) is 2.33. The first-order chi connectivity index (χ1) is 7.65. The van der Waals surface area contributed by atoms with E-state index in [1.54, 1.807) is 0 Å². The van der Waals surface area contributed by atoms with E-state index in [1.165, 1.54) is 30.6 Å². The molecular weight excluding hydrogens is 248 g/mol. The monoisotopic (exact) mass is 258 g/mol. The van der Waals surface area contributed by atoms with Gasteiger partial charge in [0.05, 0.1) is 0 Å². The van der Waals surface area contributed by atoms with Gasteiger partial charge in [-0.05, 0) is 25.2 Å². The second-order valence-electron chi connectivity index (χ2n) is 4.41. The molecule has 0 radical (unpaired) electrons. The van der Waals surface area contributed by atoms with Crippen LogP contribution in [0.3, 0.4) is 0 Å². The van der Waals surface area contributed by atoms with Gasteiger partial charge in [0.25, 0.3) is 0 Å². The van der Waals surface area contributed by atoms with Crippen LogP contribution < -0.4 is 4.90 Å². The molecule has 86 valence electrons. The third-order valence-electron chi connectivity index (χ3n) is 3.42. The molecule has 2 atom stereocenters. The number of aromatic nitrogens is 1. The van der Waals surface area contributed by atoms with Crippen molar-refractivity contribution in [3.05, 3.63) is 10.0 Å². The van der Waals surface area contributed by atoms with Gasteiger partial charge in [0.2, 0.25) is 0 Å². The third-order valence-corrected chi connectivity index (χ3v) is 4.89. The Labute approximate surface area is 102 Å². The highest BCUT2D eigenvalue weighted by Gasteiger charge is 2.39. The fourth-order valence-electron chi connectivity index (χ4n) is 2.70. The van der Waals surface area contributed by atoms with Crippen LogP contribution in [0.1, 0.15) is 28.9 Å². The number of nitrogens with zero attached hydrogens (tertiary/aromatic N) is 2. The minimum atomic E-state index is -0.988. The predicted octanol–water partition coefficient (Wildman–Crippen LogP) is 2.48. The average Bonchev–Trinajstić information content (AvgIpc) is 2.89. The third kappa shape index (κ3) is 1.50. The van der Waals surface area contributed by atoms with Gasteiger partial charge in [0.1, 0.15) is 0 Å². The maximum Gasteiger partial charge on any atom is 0.349 e. The van der Waals surface area contributed by atoms with Gasteiger partial charge < -0.3 is 10.0 Å². The summed E-state index contributed by atoms with van der Waals surface area (Å²) in [6, 6.07) is 0.550. The van der Waals surface area contributed by atoms with Crippen LogP contribution in [0.25, 0.3) is 0 Å². The summed E-state index contributed by atoms with van der Waals surface area (Å²) >= 11 is 7.00. The Hall–Kier alpha value is -0.810. The average molecular weight is 259 g/mol. The molecule has 2 heterocycles. The van der Waals surface area contributed by atoms with Crippen molar-refractivity contribution in [3.63, 3.8) is 0 Å². The highest BCUT2D eigenvalue weighted by molar-refractivity contribution is 7.18. The van der Waals surface area contributed by atoms with Crippen LogP contribution in [0.15, 0.2) is 0 Å². The number of anilines is 1. The minimum Gasteiger partial charge on any atom is -0.477 e. The maximum absolute atomic E-state index is 10.9. The number of hydrogen-bond donors (Lipinski definition) is 1. The highest BCUT2D eigenvalue weighted by atomic mass is 35.5. The van der Waals surface area contributed by atoms with Crippen LogP contribution in [0.5, 0.6) is 0 Å². The Morgan fingerprint density at radius 1 is 1.56 bits per heavy atom. The summed E-state index contributed by atoms with van der Waals surface area (Å²) in [5.74, 6) is -0.223. The molecule has 1 N–H and O–H groups in total. The Morgan fingerprint density at radius 3 is 2.88 bits per heavy atom. The molecule has 0 amide bonds. The molecule has 6 heteroatoms. The van der Waals surface area contributed by atoms with Gasteiger partial charge in [0.15, 0.2) is 15.2 Å².